The van der Waals surface area contributed by atoms with Crippen LogP contribution in [0.15, 0.2) is 69.6 Å². The van der Waals surface area contributed by atoms with Gasteiger partial charge in [-0.15, -0.1) is 11.3 Å². The molecule has 0 atom stereocenters. The standard InChI is InChI=1S/C18H15N3O6S2/c22-16(12-27-17(23)8-5-14-2-1-10-26-14)20-13-3-6-15(7-4-13)29(24,25)21-18-19-9-11-28-18/h1-11H,12H2,(H,19,21)(H,20,22). The number of amides is 1. The number of sulfonamides is 1. The monoisotopic (exact) mass is 433 g/mol. The Hall–Kier alpha value is -3.44. The highest BCUT2D eigenvalue weighted by atomic mass is 32.2. The average molecular weight is 433 g/mol. The molecule has 3 rings (SSSR count). The maximum Gasteiger partial charge on any atom is 0.331 e. The van der Waals surface area contributed by atoms with Crippen molar-refractivity contribution in [3.8, 4) is 0 Å². The van der Waals surface area contributed by atoms with Crippen molar-refractivity contribution in [2.24, 2.45) is 0 Å². The van der Waals surface area contributed by atoms with Gasteiger partial charge < -0.3 is 14.5 Å². The van der Waals surface area contributed by atoms with Crippen LogP contribution in [0, 0.1) is 0 Å². The molecule has 29 heavy (non-hydrogen) atoms. The van der Waals surface area contributed by atoms with Gasteiger partial charge in [-0.3, -0.25) is 9.52 Å². The highest BCUT2D eigenvalue weighted by molar-refractivity contribution is 7.93. The zero-order valence-corrected chi connectivity index (χ0v) is 16.4. The highest BCUT2D eigenvalue weighted by Gasteiger charge is 2.15. The van der Waals surface area contributed by atoms with E-state index in [1.165, 1.54) is 42.8 Å². The van der Waals surface area contributed by atoms with E-state index in [-0.39, 0.29) is 10.0 Å². The summed E-state index contributed by atoms with van der Waals surface area (Å²) in [5, 5.41) is 4.41. The number of nitrogens with one attached hydrogen (secondary N) is 2. The van der Waals surface area contributed by atoms with Crippen molar-refractivity contribution in [3.05, 3.63) is 66.1 Å². The molecule has 0 radical (unpaired) electrons. The fourth-order valence-electron chi connectivity index (χ4n) is 2.08. The molecule has 1 amide bonds. The largest absolute Gasteiger partial charge is 0.465 e. The zero-order valence-electron chi connectivity index (χ0n) is 14.8. The summed E-state index contributed by atoms with van der Waals surface area (Å²) >= 11 is 1.16. The third-order valence-corrected chi connectivity index (χ3v) is 5.55. The van der Waals surface area contributed by atoms with Crippen molar-refractivity contribution in [2.75, 3.05) is 16.6 Å². The molecule has 0 aliphatic heterocycles. The zero-order chi connectivity index (χ0) is 20.7. The van der Waals surface area contributed by atoms with E-state index in [0.717, 1.165) is 17.4 Å². The molecule has 0 aliphatic rings. The minimum atomic E-state index is -3.77. The molecule has 2 N–H and O–H groups in total. The number of carbonyl (C=O) groups excluding carboxylic acids is 2. The third-order valence-electron chi connectivity index (χ3n) is 3.37. The Morgan fingerprint density at radius 1 is 1.21 bits per heavy atom. The van der Waals surface area contributed by atoms with Crippen LogP contribution in [-0.2, 0) is 24.3 Å². The van der Waals surface area contributed by atoms with Gasteiger partial charge in [-0.05, 0) is 42.5 Å². The summed E-state index contributed by atoms with van der Waals surface area (Å²) in [7, 11) is -3.77. The van der Waals surface area contributed by atoms with E-state index in [4.69, 9.17) is 9.15 Å². The number of carbonyl (C=O) groups is 2. The SMILES string of the molecule is O=C(COC(=O)C=Cc1ccco1)Nc1ccc(S(=O)(=O)Nc2nccs2)cc1. The van der Waals surface area contributed by atoms with E-state index in [1.54, 1.807) is 17.5 Å². The van der Waals surface area contributed by atoms with Crippen molar-refractivity contribution >= 4 is 50.1 Å². The molecule has 0 saturated heterocycles. The van der Waals surface area contributed by atoms with Gasteiger partial charge in [-0.1, -0.05) is 0 Å². The predicted octanol–water partition coefficient (Wildman–Crippen LogP) is 2.73. The first-order chi connectivity index (χ1) is 13.9. The summed E-state index contributed by atoms with van der Waals surface area (Å²) in [6, 6.07) is 8.85. The number of benzene rings is 1. The molecule has 2 heterocycles. The molecular formula is C18H15N3O6S2. The van der Waals surface area contributed by atoms with Crippen molar-refractivity contribution < 1.29 is 27.2 Å². The van der Waals surface area contributed by atoms with Crippen LogP contribution in [0.1, 0.15) is 5.76 Å². The van der Waals surface area contributed by atoms with E-state index < -0.39 is 28.5 Å². The second-order valence-electron chi connectivity index (χ2n) is 5.47. The Bertz CT molecular complexity index is 1090. The molecule has 9 nitrogen and oxygen atoms in total. The van der Waals surface area contributed by atoms with Crippen LogP contribution in [0.3, 0.4) is 0 Å². The fourth-order valence-corrected chi connectivity index (χ4v) is 3.87. The lowest BCUT2D eigenvalue weighted by Gasteiger charge is -2.08. The van der Waals surface area contributed by atoms with Gasteiger partial charge in [0, 0.05) is 23.3 Å². The molecule has 11 heteroatoms. The number of rotatable bonds is 8. The summed E-state index contributed by atoms with van der Waals surface area (Å²) in [5.41, 5.74) is 0.352. The summed E-state index contributed by atoms with van der Waals surface area (Å²) in [6.07, 6.45) is 5.51. The first kappa shape index (κ1) is 20.3. The molecule has 0 fully saturated rings. The topological polar surface area (TPSA) is 128 Å². The Labute approximate surface area is 170 Å². The first-order valence-electron chi connectivity index (χ1n) is 8.13. The normalized spacial score (nSPS) is 11.3. The van der Waals surface area contributed by atoms with Gasteiger partial charge >= 0.3 is 5.97 Å². The smallest absolute Gasteiger partial charge is 0.331 e. The fraction of sp³-hybridized carbons (Fsp3) is 0.0556. The van der Waals surface area contributed by atoms with Crippen LogP contribution < -0.4 is 10.0 Å². The van der Waals surface area contributed by atoms with Crippen LogP contribution in [0.25, 0.3) is 6.08 Å². The lowest BCUT2D eigenvalue weighted by molar-refractivity contribution is -0.142. The van der Waals surface area contributed by atoms with E-state index in [2.05, 4.69) is 15.0 Å². The van der Waals surface area contributed by atoms with Crippen molar-refractivity contribution in [3.63, 3.8) is 0 Å². The minimum Gasteiger partial charge on any atom is -0.465 e. The molecular weight excluding hydrogens is 418 g/mol. The lowest BCUT2D eigenvalue weighted by atomic mass is 10.3. The summed E-state index contributed by atoms with van der Waals surface area (Å²) in [4.78, 5) is 27.3. The van der Waals surface area contributed by atoms with Gasteiger partial charge in [-0.2, -0.15) is 0 Å². The summed E-state index contributed by atoms with van der Waals surface area (Å²) in [5.74, 6) is -0.793. The van der Waals surface area contributed by atoms with Crippen molar-refractivity contribution in [2.45, 2.75) is 4.90 Å². The van der Waals surface area contributed by atoms with E-state index in [0.29, 0.717) is 11.4 Å². The van der Waals surface area contributed by atoms with Crippen LogP contribution in [0.2, 0.25) is 0 Å². The number of anilines is 2. The van der Waals surface area contributed by atoms with Crippen LogP contribution in [0.4, 0.5) is 10.8 Å². The second kappa shape index (κ2) is 9.17. The first-order valence-corrected chi connectivity index (χ1v) is 10.5. The molecule has 3 aromatic rings. The number of esters is 1. The number of nitrogens with zero attached hydrogens (tertiary/aromatic N) is 1. The predicted molar refractivity (Wildman–Crippen MR) is 107 cm³/mol. The number of aromatic nitrogens is 1. The Balaban J connectivity index is 1.50. The lowest BCUT2D eigenvalue weighted by Crippen LogP contribution is -2.20. The molecule has 0 bridgehead atoms. The van der Waals surface area contributed by atoms with Crippen LogP contribution >= 0.6 is 11.3 Å². The van der Waals surface area contributed by atoms with Gasteiger partial charge in [0.05, 0.1) is 11.2 Å². The Morgan fingerprint density at radius 2 is 2.00 bits per heavy atom. The molecule has 0 unspecified atom stereocenters. The van der Waals surface area contributed by atoms with Crippen molar-refractivity contribution in [1.82, 2.24) is 4.98 Å². The van der Waals surface area contributed by atoms with Gasteiger partial charge in [0.1, 0.15) is 5.76 Å². The van der Waals surface area contributed by atoms with Crippen LogP contribution in [-0.4, -0.2) is 31.9 Å². The minimum absolute atomic E-state index is 0.0141. The molecule has 0 aliphatic carbocycles. The molecule has 0 spiro atoms. The second-order valence-corrected chi connectivity index (χ2v) is 8.05. The van der Waals surface area contributed by atoms with E-state index >= 15 is 0 Å². The third kappa shape index (κ3) is 6.02. The molecule has 1 aromatic carbocycles. The molecule has 0 saturated carbocycles. The Morgan fingerprint density at radius 3 is 2.66 bits per heavy atom. The molecule has 150 valence electrons. The molecule has 2 aromatic heterocycles. The highest BCUT2D eigenvalue weighted by Crippen LogP contribution is 2.19. The number of ether oxygens (including phenoxy) is 1. The Kier molecular flexibility index (Phi) is 6.42. The average Bonchev–Trinajstić information content (AvgIpc) is 3.39. The van der Waals surface area contributed by atoms with Gasteiger partial charge in [-0.25, -0.2) is 18.2 Å². The summed E-state index contributed by atoms with van der Waals surface area (Å²) < 4.78 is 36.7. The number of hydrogen-bond acceptors (Lipinski definition) is 8. The number of thiazole rings is 1. The quantitative estimate of drug-likeness (QED) is 0.413. The van der Waals surface area contributed by atoms with Gasteiger partial charge in [0.25, 0.3) is 15.9 Å². The van der Waals surface area contributed by atoms with Gasteiger partial charge in [0.15, 0.2) is 11.7 Å². The van der Waals surface area contributed by atoms with Gasteiger partial charge in [0.2, 0.25) is 0 Å². The maximum atomic E-state index is 12.3. The van der Waals surface area contributed by atoms with E-state index in [9.17, 15) is 18.0 Å². The number of hydrogen-bond donors (Lipinski definition) is 2. The maximum absolute atomic E-state index is 12.3. The van der Waals surface area contributed by atoms with Crippen molar-refractivity contribution in [1.29, 1.82) is 0 Å². The van der Waals surface area contributed by atoms with Crippen LogP contribution in [0.5, 0.6) is 0 Å². The summed E-state index contributed by atoms with van der Waals surface area (Å²) in [6.45, 7) is -0.493. The number of furan rings is 1. The van der Waals surface area contributed by atoms with E-state index in [1.807, 2.05) is 0 Å².